The molecule has 2 aromatic carbocycles. The second kappa shape index (κ2) is 6.52. The van der Waals surface area contributed by atoms with Crippen molar-refractivity contribution in [2.45, 2.75) is 13.1 Å². The van der Waals surface area contributed by atoms with Gasteiger partial charge in [-0.15, -0.1) is 0 Å². The van der Waals surface area contributed by atoms with E-state index in [9.17, 15) is 4.79 Å². The summed E-state index contributed by atoms with van der Waals surface area (Å²) in [6.07, 6.45) is 1.31. The monoisotopic (exact) mass is 345 g/mol. The minimum Gasteiger partial charge on any atom is -0.495 e. The van der Waals surface area contributed by atoms with Crippen LogP contribution in [0.25, 0.3) is 0 Å². The number of aryl methyl sites for hydroxylation is 1. The lowest BCUT2D eigenvalue weighted by Crippen LogP contribution is -2.32. The number of para-hydroxylation sites is 2. The standard InChI is InChI=1S/C21H19N3O2/c1-14-9-11-15(12-10-14)24-20(19-16(21(24)25)6-5-13-22-19)23-17-7-3-4-8-18(17)26-2/h3-13,20,23H,1-2H3/t20-/m0/s1. The maximum Gasteiger partial charge on any atom is 0.262 e. The topological polar surface area (TPSA) is 54.5 Å². The van der Waals surface area contributed by atoms with Crippen LogP contribution in [0.3, 0.4) is 0 Å². The van der Waals surface area contributed by atoms with E-state index in [-0.39, 0.29) is 5.91 Å². The van der Waals surface area contributed by atoms with Crippen molar-refractivity contribution in [3.63, 3.8) is 0 Å². The molecule has 1 N–H and O–H groups in total. The lowest BCUT2D eigenvalue weighted by molar-refractivity contribution is 0.0993. The highest BCUT2D eigenvalue weighted by Gasteiger charge is 2.39. The van der Waals surface area contributed by atoms with Gasteiger partial charge in [0.15, 0.2) is 6.17 Å². The van der Waals surface area contributed by atoms with E-state index in [1.165, 1.54) is 0 Å². The normalized spacial score (nSPS) is 15.7. The van der Waals surface area contributed by atoms with Crippen molar-refractivity contribution in [2.75, 3.05) is 17.3 Å². The van der Waals surface area contributed by atoms with Gasteiger partial charge in [-0.1, -0.05) is 29.8 Å². The van der Waals surface area contributed by atoms with Crippen molar-refractivity contribution in [1.29, 1.82) is 0 Å². The van der Waals surface area contributed by atoms with Crippen molar-refractivity contribution < 1.29 is 9.53 Å². The maximum absolute atomic E-state index is 13.1. The van der Waals surface area contributed by atoms with E-state index in [1.54, 1.807) is 24.3 Å². The number of hydrogen-bond donors (Lipinski definition) is 1. The van der Waals surface area contributed by atoms with Crippen molar-refractivity contribution in [3.8, 4) is 5.75 Å². The summed E-state index contributed by atoms with van der Waals surface area (Å²) in [4.78, 5) is 19.3. The number of benzene rings is 2. The molecule has 0 fully saturated rings. The number of anilines is 2. The van der Waals surface area contributed by atoms with E-state index in [0.717, 1.165) is 16.9 Å². The fourth-order valence-electron chi connectivity index (χ4n) is 3.20. The Morgan fingerprint density at radius 2 is 1.81 bits per heavy atom. The number of methoxy groups -OCH3 is 1. The van der Waals surface area contributed by atoms with Crippen LogP contribution in [0.2, 0.25) is 0 Å². The van der Waals surface area contributed by atoms with Gasteiger partial charge in [-0.2, -0.15) is 0 Å². The summed E-state index contributed by atoms with van der Waals surface area (Å²) in [5.74, 6) is 0.650. The Labute approximate surface area is 152 Å². The highest BCUT2D eigenvalue weighted by atomic mass is 16.5. The fourth-order valence-corrected chi connectivity index (χ4v) is 3.20. The van der Waals surface area contributed by atoms with Gasteiger partial charge < -0.3 is 10.1 Å². The molecule has 3 aromatic rings. The molecule has 1 aromatic heterocycles. The van der Waals surface area contributed by atoms with Gasteiger partial charge in [-0.05, 0) is 43.3 Å². The Morgan fingerprint density at radius 1 is 1.04 bits per heavy atom. The predicted octanol–water partition coefficient (Wildman–Crippen LogP) is 4.17. The maximum atomic E-state index is 13.1. The Morgan fingerprint density at radius 3 is 2.58 bits per heavy atom. The lowest BCUT2D eigenvalue weighted by atomic mass is 10.2. The zero-order chi connectivity index (χ0) is 18.1. The van der Waals surface area contributed by atoms with E-state index in [2.05, 4.69) is 10.3 Å². The molecule has 0 radical (unpaired) electrons. The number of carbonyl (C=O) groups is 1. The average Bonchev–Trinajstić information content (AvgIpc) is 2.95. The number of ether oxygens (including phenoxy) is 1. The van der Waals surface area contributed by atoms with Gasteiger partial charge in [0.2, 0.25) is 0 Å². The summed E-state index contributed by atoms with van der Waals surface area (Å²) in [6.45, 7) is 2.02. The third-order valence-electron chi connectivity index (χ3n) is 4.52. The number of nitrogens with zero attached hydrogens (tertiary/aromatic N) is 2. The first-order chi connectivity index (χ1) is 12.7. The largest absolute Gasteiger partial charge is 0.495 e. The molecule has 0 unspecified atom stereocenters. The fraction of sp³-hybridized carbons (Fsp3) is 0.143. The quantitative estimate of drug-likeness (QED) is 0.771. The molecule has 0 saturated carbocycles. The van der Waals surface area contributed by atoms with Gasteiger partial charge >= 0.3 is 0 Å². The Hall–Kier alpha value is -3.34. The van der Waals surface area contributed by atoms with E-state index in [1.807, 2.05) is 61.5 Å². The van der Waals surface area contributed by atoms with Crippen molar-refractivity contribution in [3.05, 3.63) is 83.7 Å². The molecule has 0 aliphatic carbocycles. The van der Waals surface area contributed by atoms with Crippen LogP contribution in [0.5, 0.6) is 5.75 Å². The van der Waals surface area contributed by atoms with Gasteiger partial charge in [0, 0.05) is 11.9 Å². The minimum absolute atomic E-state index is 0.0654. The summed E-state index contributed by atoms with van der Waals surface area (Å²) in [5, 5.41) is 3.43. The van der Waals surface area contributed by atoms with Crippen LogP contribution in [-0.4, -0.2) is 18.0 Å². The molecular formula is C21H19N3O2. The van der Waals surface area contributed by atoms with Crippen molar-refractivity contribution >= 4 is 17.3 Å². The Bertz CT molecular complexity index is 953. The molecule has 4 rings (SSSR count). The number of amides is 1. The Balaban J connectivity index is 1.79. The van der Waals surface area contributed by atoms with Crippen LogP contribution in [0.15, 0.2) is 66.9 Å². The zero-order valence-corrected chi connectivity index (χ0v) is 14.6. The first kappa shape index (κ1) is 16.1. The molecule has 0 bridgehead atoms. The molecule has 1 atom stereocenters. The van der Waals surface area contributed by atoms with Gasteiger partial charge in [-0.25, -0.2) is 0 Å². The van der Waals surface area contributed by atoms with Gasteiger partial charge in [0.25, 0.3) is 5.91 Å². The summed E-state index contributed by atoms with van der Waals surface area (Å²) in [7, 11) is 1.63. The smallest absolute Gasteiger partial charge is 0.262 e. The number of carbonyl (C=O) groups excluding carboxylic acids is 1. The average molecular weight is 345 g/mol. The van der Waals surface area contributed by atoms with Crippen LogP contribution in [-0.2, 0) is 0 Å². The van der Waals surface area contributed by atoms with Crippen LogP contribution in [0, 0.1) is 6.92 Å². The van der Waals surface area contributed by atoms with Crippen molar-refractivity contribution in [1.82, 2.24) is 4.98 Å². The lowest BCUT2D eigenvalue weighted by Gasteiger charge is -2.27. The third kappa shape index (κ3) is 2.67. The molecule has 5 heteroatoms. The van der Waals surface area contributed by atoms with E-state index >= 15 is 0 Å². The highest BCUT2D eigenvalue weighted by Crippen LogP contribution is 2.38. The molecule has 26 heavy (non-hydrogen) atoms. The Kier molecular flexibility index (Phi) is 4.05. The van der Waals surface area contributed by atoms with E-state index in [0.29, 0.717) is 17.0 Å². The number of pyridine rings is 1. The first-order valence-electron chi connectivity index (χ1n) is 8.44. The molecule has 0 spiro atoms. The molecule has 5 nitrogen and oxygen atoms in total. The highest BCUT2D eigenvalue weighted by molar-refractivity contribution is 6.11. The molecular weight excluding hydrogens is 326 g/mol. The van der Waals surface area contributed by atoms with Crippen LogP contribution < -0.4 is 15.0 Å². The SMILES string of the molecule is COc1ccccc1N[C@@H]1c2ncccc2C(=O)N1c1ccc(C)cc1. The first-order valence-corrected chi connectivity index (χ1v) is 8.44. The van der Waals surface area contributed by atoms with Gasteiger partial charge in [0.05, 0.1) is 24.1 Å². The number of aromatic nitrogens is 1. The minimum atomic E-state index is -0.405. The van der Waals surface area contributed by atoms with Gasteiger partial charge in [-0.3, -0.25) is 14.7 Å². The molecule has 2 heterocycles. The molecule has 1 aliphatic rings. The number of rotatable bonds is 4. The number of nitrogens with one attached hydrogen (secondary N) is 1. The van der Waals surface area contributed by atoms with E-state index in [4.69, 9.17) is 4.74 Å². The van der Waals surface area contributed by atoms with Gasteiger partial charge in [0.1, 0.15) is 5.75 Å². The van der Waals surface area contributed by atoms with Crippen molar-refractivity contribution in [2.24, 2.45) is 0 Å². The second-order valence-electron chi connectivity index (χ2n) is 6.19. The summed E-state index contributed by atoms with van der Waals surface area (Å²) in [5.41, 5.74) is 4.10. The zero-order valence-electron chi connectivity index (χ0n) is 14.6. The number of fused-ring (bicyclic) bond motifs is 1. The van der Waals surface area contributed by atoms with Crippen LogP contribution >= 0.6 is 0 Å². The second-order valence-corrected chi connectivity index (χ2v) is 6.19. The van der Waals surface area contributed by atoms with Crippen LogP contribution in [0.1, 0.15) is 27.8 Å². The molecule has 0 saturated heterocycles. The van der Waals surface area contributed by atoms with Crippen LogP contribution in [0.4, 0.5) is 11.4 Å². The summed E-state index contributed by atoms with van der Waals surface area (Å²) in [6, 6.07) is 19.2. The summed E-state index contributed by atoms with van der Waals surface area (Å²) >= 11 is 0. The van der Waals surface area contributed by atoms with E-state index < -0.39 is 6.17 Å². The molecule has 1 amide bonds. The summed E-state index contributed by atoms with van der Waals surface area (Å²) < 4.78 is 5.44. The molecule has 1 aliphatic heterocycles. The third-order valence-corrected chi connectivity index (χ3v) is 4.52. The number of hydrogen-bond acceptors (Lipinski definition) is 4. The molecule has 130 valence electrons. The predicted molar refractivity (Wildman–Crippen MR) is 102 cm³/mol.